The number of nitrogens with zero attached hydrogens (tertiary/aromatic N) is 3. The Morgan fingerprint density at radius 3 is 2.44 bits per heavy atom. The maximum atomic E-state index is 12.9. The number of halogens is 3. The fourth-order valence-corrected chi connectivity index (χ4v) is 3.44. The summed E-state index contributed by atoms with van der Waals surface area (Å²) in [6, 6.07) is 13.8. The molecule has 0 radical (unpaired) electrons. The Hall–Kier alpha value is -3.95. The normalized spacial score (nSPS) is 13.0. The van der Waals surface area contributed by atoms with E-state index in [1.165, 1.54) is 6.07 Å². The van der Waals surface area contributed by atoms with E-state index in [0.29, 0.717) is 13.0 Å². The summed E-state index contributed by atoms with van der Waals surface area (Å²) < 4.78 is 38.8. The summed E-state index contributed by atoms with van der Waals surface area (Å²) in [6.07, 6.45) is -3.78. The van der Waals surface area contributed by atoms with Gasteiger partial charge in [0.1, 0.15) is 12.2 Å². The average Bonchev–Trinajstić information content (AvgIpc) is 3.18. The topological polar surface area (TPSA) is 84.3 Å². The van der Waals surface area contributed by atoms with E-state index in [1.54, 1.807) is 4.90 Å². The van der Waals surface area contributed by atoms with Crippen molar-refractivity contribution in [1.82, 2.24) is 9.78 Å². The van der Waals surface area contributed by atoms with E-state index >= 15 is 0 Å². The van der Waals surface area contributed by atoms with Gasteiger partial charge in [0.25, 0.3) is 11.5 Å². The van der Waals surface area contributed by atoms with E-state index in [0.717, 1.165) is 46.3 Å². The summed E-state index contributed by atoms with van der Waals surface area (Å²) >= 11 is 0. The van der Waals surface area contributed by atoms with Gasteiger partial charge in [-0.1, -0.05) is 18.2 Å². The Morgan fingerprint density at radius 1 is 1.00 bits per heavy atom. The number of benzene rings is 2. The molecule has 0 atom stereocenters. The summed E-state index contributed by atoms with van der Waals surface area (Å²) in [7, 11) is 0. The first-order chi connectivity index (χ1) is 15.2. The predicted molar refractivity (Wildman–Crippen MR) is 110 cm³/mol. The van der Waals surface area contributed by atoms with E-state index < -0.39 is 35.7 Å². The maximum absolute atomic E-state index is 12.9. The summed E-state index contributed by atoms with van der Waals surface area (Å²) in [6.45, 7) is -0.0229. The van der Waals surface area contributed by atoms with Gasteiger partial charge in [-0.05, 0) is 48.4 Å². The zero-order chi connectivity index (χ0) is 22.9. The highest BCUT2D eigenvalue weighted by molar-refractivity contribution is 6.06. The zero-order valence-corrected chi connectivity index (χ0v) is 16.6. The molecule has 0 fully saturated rings. The molecule has 1 N–H and O–H groups in total. The fourth-order valence-electron chi connectivity index (χ4n) is 3.44. The van der Waals surface area contributed by atoms with Crippen LogP contribution in [0.5, 0.6) is 0 Å². The second-order valence-corrected chi connectivity index (χ2v) is 7.17. The van der Waals surface area contributed by atoms with Crippen LogP contribution in [-0.4, -0.2) is 28.1 Å². The van der Waals surface area contributed by atoms with E-state index in [9.17, 15) is 27.6 Å². The Morgan fingerprint density at radius 2 is 1.72 bits per heavy atom. The standard InChI is InChI=1S/C22H17F3N4O3/c23-22(24,25)15-5-7-16(8-6-15)26-19(30)13-29-20(31)10-9-17(27-29)21(32)28-12-11-14-3-1-2-4-18(14)28/h1-10H,11-13H2,(H,26,30). The SMILES string of the molecule is O=C(Cn1nc(C(=O)N2CCc3ccccc32)ccc1=O)Nc1ccc(C(F)(F)F)cc1. The number of hydrogen-bond donors (Lipinski definition) is 1. The van der Waals surface area contributed by atoms with Crippen LogP contribution in [0, 0.1) is 0 Å². The lowest BCUT2D eigenvalue weighted by atomic mass is 10.2. The average molecular weight is 442 g/mol. The van der Waals surface area contributed by atoms with Crippen molar-refractivity contribution in [2.24, 2.45) is 0 Å². The van der Waals surface area contributed by atoms with Crippen molar-refractivity contribution in [3.8, 4) is 0 Å². The molecule has 2 heterocycles. The van der Waals surface area contributed by atoms with Crippen molar-refractivity contribution in [2.45, 2.75) is 19.1 Å². The van der Waals surface area contributed by atoms with Crippen LogP contribution in [0.15, 0.2) is 65.5 Å². The number of rotatable bonds is 4. The summed E-state index contributed by atoms with van der Waals surface area (Å²) in [5.74, 6) is -1.07. The zero-order valence-electron chi connectivity index (χ0n) is 16.6. The van der Waals surface area contributed by atoms with Gasteiger partial charge in [-0.2, -0.15) is 18.3 Å². The molecule has 32 heavy (non-hydrogen) atoms. The highest BCUT2D eigenvalue weighted by Crippen LogP contribution is 2.30. The lowest BCUT2D eigenvalue weighted by Gasteiger charge is -2.17. The van der Waals surface area contributed by atoms with E-state index in [2.05, 4.69) is 10.4 Å². The van der Waals surface area contributed by atoms with E-state index in [1.807, 2.05) is 24.3 Å². The van der Waals surface area contributed by atoms with Crippen LogP contribution < -0.4 is 15.8 Å². The molecule has 1 aliphatic rings. The van der Waals surface area contributed by atoms with Gasteiger partial charge in [0.2, 0.25) is 5.91 Å². The predicted octanol–water partition coefficient (Wildman–Crippen LogP) is 3.10. The third-order valence-electron chi connectivity index (χ3n) is 5.01. The number of anilines is 2. The number of para-hydroxylation sites is 1. The fraction of sp³-hybridized carbons (Fsp3) is 0.182. The Balaban J connectivity index is 1.48. The minimum absolute atomic E-state index is 0.00336. The minimum Gasteiger partial charge on any atom is -0.324 e. The monoisotopic (exact) mass is 442 g/mol. The molecule has 1 aromatic heterocycles. The number of carbonyl (C=O) groups excluding carboxylic acids is 2. The van der Waals surface area contributed by atoms with Crippen LogP contribution in [0.3, 0.4) is 0 Å². The van der Waals surface area contributed by atoms with Gasteiger partial charge < -0.3 is 10.2 Å². The minimum atomic E-state index is -4.48. The lowest BCUT2D eigenvalue weighted by Crippen LogP contribution is -2.34. The van der Waals surface area contributed by atoms with Gasteiger partial charge >= 0.3 is 6.18 Å². The molecule has 2 amide bonds. The molecule has 3 aromatic rings. The molecule has 7 nitrogen and oxygen atoms in total. The summed E-state index contributed by atoms with van der Waals surface area (Å²) in [5.41, 5.74) is 0.511. The number of amides is 2. The summed E-state index contributed by atoms with van der Waals surface area (Å²) in [4.78, 5) is 38.9. The number of aromatic nitrogens is 2. The van der Waals surface area contributed by atoms with Gasteiger partial charge in [-0.15, -0.1) is 0 Å². The largest absolute Gasteiger partial charge is 0.416 e. The maximum Gasteiger partial charge on any atom is 0.416 e. The Kier molecular flexibility index (Phi) is 5.52. The third-order valence-corrected chi connectivity index (χ3v) is 5.01. The first kappa shape index (κ1) is 21.3. The van der Waals surface area contributed by atoms with Crippen LogP contribution in [-0.2, 0) is 23.9 Å². The highest BCUT2D eigenvalue weighted by Gasteiger charge is 2.30. The van der Waals surface area contributed by atoms with Crippen molar-refractivity contribution in [1.29, 1.82) is 0 Å². The Labute approximate surface area is 180 Å². The Bertz CT molecular complexity index is 1240. The van der Waals surface area contributed by atoms with E-state index in [-0.39, 0.29) is 11.4 Å². The van der Waals surface area contributed by atoms with Gasteiger partial charge in [-0.3, -0.25) is 14.4 Å². The molecule has 0 bridgehead atoms. The summed E-state index contributed by atoms with van der Waals surface area (Å²) in [5, 5.41) is 6.43. The third kappa shape index (κ3) is 4.39. The lowest BCUT2D eigenvalue weighted by molar-refractivity contribution is -0.137. The molecule has 0 saturated heterocycles. The molecule has 2 aromatic carbocycles. The number of alkyl halides is 3. The second-order valence-electron chi connectivity index (χ2n) is 7.17. The molecule has 1 aliphatic heterocycles. The number of fused-ring (bicyclic) bond motifs is 1. The first-order valence-corrected chi connectivity index (χ1v) is 9.67. The smallest absolute Gasteiger partial charge is 0.324 e. The number of nitrogens with one attached hydrogen (secondary N) is 1. The second kappa shape index (κ2) is 8.29. The van der Waals surface area contributed by atoms with Crippen LogP contribution >= 0.6 is 0 Å². The van der Waals surface area contributed by atoms with Crippen molar-refractivity contribution < 1.29 is 22.8 Å². The van der Waals surface area contributed by atoms with Crippen molar-refractivity contribution in [2.75, 3.05) is 16.8 Å². The van der Waals surface area contributed by atoms with Gasteiger partial charge in [0.05, 0.1) is 5.56 Å². The van der Waals surface area contributed by atoms with Crippen molar-refractivity contribution in [3.05, 3.63) is 87.8 Å². The van der Waals surface area contributed by atoms with Crippen LogP contribution in [0.2, 0.25) is 0 Å². The molecular formula is C22H17F3N4O3. The molecule has 4 rings (SSSR count). The molecule has 0 unspecified atom stereocenters. The molecule has 0 saturated carbocycles. The van der Waals surface area contributed by atoms with Gasteiger partial charge in [0, 0.05) is 24.0 Å². The van der Waals surface area contributed by atoms with Gasteiger partial charge in [0.15, 0.2) is 0 Å². The molecule has 0 spiro atoms. The van der Waals surface area contributed by atoms with E-state index in [4.69, 9.17) is 0 Å². The first-order valence-electron chi connectivity index (χ1n) is 9.67. The molecule has 164 valence electrons. The van der Waals surface area contributed by atoms with Gasteiger partial charge in [-0.25, -0.2) is 4.68 Å². The highest BCUT2D eigenvalue weighted by atomic mass is 19.4. The van der Waals surface area contributed by atoms with Crippen molar-refractivity contribution >= 4 is 23.2 Å². The number of carbonyl (C=O) groups is 2. The van der Waals surface area contributed by atoms with Crippen LogP contribution in [0.1, 0.15) is 21.6 Å². The van der Waals surface area contributed by atoms with Crippen molar-refractivity contribution in [3.63, 3.8) is 0 Å². The molecule has 0 aliphatic carbocycles. The molecule has 10 heteroatoms. The van der Waals surface area contributed by atoms with Crippen LogP contribution in [0.4, 0.5) is 24.5 Å². The van der Waals surface area contributed by atoms with Crippen LogP contribution in [0.25, 0.3) is 0 Å². The molecular weight excluding hydrogens is 425 g/mol. The quantitative estimate of drug-likeness (QED) is 0.673. The number of hydrogen-bond acceptors (Lipinski definition) is 4.